The smallest absolute Gasteiger partial charge is 0.0180 e. The highest BCUT2D eigenvalue weighted by molar-refractivity contribution is 4.81. The van der Waals surface area contributed by atoms with E-state index in [0.717, 1.165) is 12.6 Å². The van der Waals surface area contributed by atoms with E-state index in [-0.39, 0.29) is 0 Å². The molecule has 84 valence electrons. The first-order valence-corrected chi connectivity index (χ1v) is 6.23. The molecule has 1 aliphatic heterocycles. The Morgan fingerprint density at radius 1 is 1.36 bits per heavy atom. The molecule has 0 aliphatic carbocycles. The van der Waals surface area contributed by atoms with E-state index in [9.17, 15) is 0 Å². The van der Waals surface area contributed by atoms with Crippen LogP contribution in [0.3, 0.4) is 0 Å². The van der Waals surface area contributed by atoms with Crippen LogP contribution in [0.5, 0.6) is 0 Å². The highest BCUT2D eigenvalue weighted by Gasteiger charge is 2.22. The summed E-state index contributed by atoms with van der Waals surface area (Å²) in [6.45, 7) is 6.96. The molecular formula is C12H26N2. The fourth-order valence-electron chi connectivity index (χ4n) is 2.26. The van der Waals surface area contributed by atoms with Crippen LogP contribution < -0.4 is 5.73 Å². The normalized spacial score (nSPS) is 25.5. The topological polar surface area (TPSA) is 29.3 Å². The Hall–Kier alpha value is -0.0800. The van der Waals surface area contributed by atoms with Crippen LogP contribution in [0, 0.1) is 0 Å². The third kappa shape index (κ3) is 3.97. The second-order valence-corrected chi connectivity index (χ2v) is 4.74. The summed E-state index contributed by atoms with van der Waals surface area (Å²) in [7, 11) is 0. The van der Waals surface area contributed by atoms with Crippen molar-refractivity contribution in [1.82, 2.24) is 4.90 Å². The molecule has 0 aromatic heterocycles. The van der Waals surface area contributed by atoms with Crippen molar-refractivity contribution in [2.75, 3.05) is 13.1 Å². The quantitative estimate of drug-likeness (QED) is 0.664. The number of hydrogen-bond acceptors (Lipinski definition) is 2. The van der Waals surface area contributed by atoms with Gasteiger partial charge in [0.15, 0.2) is 0 Å². The van der Waals surface area contributed by atoms with Gasteiger partial charge in [0.25, 0.3) is 0 Å². The third-order valence-corrected chi connectivity index (χ3v) is 3.35. The Labute approximate surface area is 88.8 Å². The Bertz CT molecular complexity index is 147. The molecule has 0 bridgehead atoms. The van der Waals surface area contributed by atoms with Crippen molar-refractivity contribution in [3.05, 3.63) is 0 Å². The van der Waals surface area contributed by atoms with Gasteiger partial charge in [-0.3, -0.25) is 4.90 Å². The van der Waals surface area contributed by atoms with Gasteiger partial charge in [-0.15, -0.1) is 0 Å². The van der Waals surface area contributed by atoms with Crippen molar-refractivity contribution in [2.45, 2.75) is 64.5 Å². The minimum absolute atomic E-state index is 0.438. The summed E-state index contributed by atoms with van der Waals surface area (Å²) in [5.41, 5.74) is 5.90. The van der Waals surface area contributed by atoms with E-state index in [0.29, 0.717) is 6.04 Å². The van der Waals surface area contributed by atoms with E-state index < -0.39 is 0 Å². The Morgan fingerprint density at radius 2 is 2.14 bits per heavy atom. The van der Waals surface area contributed by atoms with Gasteiger partial charge in [-0.25, -0.2) is 0 Å². The molecule has 0 radical (unpaired) electrons. The number of likely N-dealkylation sites (tertiary alicyclic amines) is 1. The Kier molecular flexibility index (Phi) is 5.49. The monoisotopic (exact) mass is 198 g/mol. The van der Waals surface area contributed by atoms with Gasteiger partial charge in [0.1, 0.15) is 0 Å². The summed E-state index contributed by atoms with van der Waals surface area (Å²) in [5, 5.41) is 0. The molecule has 0 saturated carbocycles. The summed E-state index contributed by atoms with van der Waals surface area (Å²) in [6, 6.07) is 1.19. The van der Waals surface area contributed by atoms with Crippen molar-refractivity contribution in [2.24, 2.45) is 5.73 Å². The molecule has 0 aromatic rings. The van der Waals surface area contributed by atoms with E-state index in [1.54, 1.807) is 0 Å². The van der Waals surface area contributed by atoms with Crippen LogP contribution >= 0.6 is 0 Å². The van der Waals surface area contributed by atoms with Crippen LogP contribution in [0.25, 0.3) is 0 Å². The molecular weight excluding hydrogens is 172 g/mol. The molecule has 1 aliphatic rings. The lowest BCUT2D eigenvalue weighted by molar-refractivity contribution is 0.239. The fraction of sp³-hybridized carbons (Fsp3) is 1.00. The highest BCUT2D eigenvalue weighted by atomic mass is 15.2. The second kappa shape index (κ2) is 6.41. The molecule has 2 N–H and O–H groups in total. The molecule has 2 nitrogen and oxygen atoms in total. The first kappa shape index (κ1) is 12.0. The Balaban J connectivity index is 2.06. The predicted octanol–water partition coefficient (Wildman–Crippen LogP) is 2.38. The third-order valence-electron chi connectivity index (χ3n) is 3.35. The summed E-state index contributed by atoms with van der Waals surface area (Å²) in [6.07, 6.45) is 8.07. The lowest BCUT2D eigenvalue weighted by Crippen LogP contribution is -2.33. The maximum Gasteiger partial charge on any atom is 0.0180 e. The molecule has 0 spiro atoms. The van der Waals surface area contributed by atoms with Crippen LogP contribution in [0.15, 0.2) is 0 Å². The van der Waals surface area contributed by atoms with Gasteiger partial charge in [-0.1, -0.05) is 32.6 Å². The van der Waals surface area contributed by atoms with Crippen molar-refractivity contribution in [1.29, 1.82) is 0 Å². The molecule has 2 unspecified atom stereocenters. The minimum Gasteiger partial charge on any atom is -0.326 e. The summed E-state index contributed by atoms with van der Waals surface area (Å²) in [4.78, 5) is 2.55. The SMILES string of the molecule is CCCCCCC(C)N1CCC(N)C1. The Morgan fingerprint density at radius 3 is 2.71 bits per heavy atom. The molecule has 1 fully saturated rings. The van der Waals surface area contributed by atoms with E-state index >= 15 is 0 Å². The highest BCUT2D eigenvalue weighted by Crippen LogP contribution is 2.15. The second-order valence-electron chi connectivity index (χ2n) is 4.74. The van der Waals surface area contributed by atoms with Crippen LogP contribution in [0.1, 0.15) is 52.4 Å². The van der Waals surface area contributed by atoms with Crippen LogP contribution in [0.2, 0.25) is 0 Å². The maximum atomic E-state index is 5.90. The number of nitrogens with zero attached hydrogens (tertiary/aromatic N) is 1. The van der Waals surface area contributed by atoms with Gasteiger partial charge in [0.2, 0.25) is 0 Å². The van der Waals surface area contributed by atoms with Crippen LogP contribution in [0.4, 0.5) is 0 Å². The lowest BCUT2D eigenvalue weighted by Gasteiger charge is -2.23. The van der Waals surface area contributed by atoms with Gasteiger partial charge in [-0.05, 0) is 26.3 Å². The summed E-state index contributed by atoms with van der Waals surface area (Å²) < 4.78 is 0. The molecule has 2 heteroatoms. The molecule has 1 saturated heterocycles. The van der Waals surface area contributed by atoms with Crippen molar-refractivity contribution < 1.29 is 0 Å². The minimum atomic E-state index is 0.438. The van der Waals surface area contributed by atoms with Gasteiger partial charge < -0.3 is 5.73 Å². The molecule has 1 rings (SSSR count). The molecule has 0 aromatic carbocycles. The molecule has 0 amide bonds. The number of rotatable bonds is 6. The predicted molar refractivity (Wildman–Crippen MR) is 62.4 cm³/mol. The van der Waals surface area contributed by atoms with Crippen LogP contribution in [-0.4, -0.2) is 30.1 Å². The maximum absolute atomic E-state index is 5.90. The van der Waals surface area contributed by atoms with Gasteiger partial charge in [0.05, 0.1) is 0 Å². The fourth-order valence-corrected chi connectivity index (χ4v) is 2.26. The summed E-state index contributed by atoms with van der Waals surface area (Å²) >= 11 is 0. The van der Waals surface area contributed by atoms with E-state index in [4.69, 9.17) is 5.73 Å². The number of unbranched alkanes of at least 4 members (excludes halogenated alkanes) is 3. The largest absolute Gasteiger partial charge is 0.326 e. The zero-order valence-electron chi connectivity index (χ0n) is 9.84. The molecule has 2 atom stereocenters. The zero-order valence-corrected chi connectivity index (χ0v) is 9.84. The van der Waals surface area contributed by atoms with Crippen molar-refractivity contribution in [3.8, 4) is 0 Å². The summed E-state index contributed by atoms with van der Waals surface area (Å²) in [5.74, 6) is 0. The standard InChI is InChI=1S/C12H26N2/c1-3-4-5-6-7-11(2)14-9-8-12(13)10-14/h11-12H,3-10,13H2,1-2H3. The average Bonchev–Trinajstić information content (AvgIpc) is 2.59. The lowest BCUT2D eigenvalue weighted by atomic mass is 10.1. The average molecular weight is 198 g/mol. The number of nitrogens with two attached hydrogens (primary N) is 1. The number of hydrogen-bond donors (Lipinski definition) is 1. The first-order chi connectivity index (χ1) is 6.74. The van der Waals surface area contributed by atoms with E-state index in [1.807, 2.05) is 0 Å². The first-order valence-electron chi connectivity index (χ1n) is 6.23. The van der Waals surface area contributed by atoms with Crippen molar-refractivity contribution >= 4 is 0 Å². The molecule has 14 heavy (non-hydrogen) atoms. The van der Waals surface area contributed by atoms with Crippen molar-refractivity contribution in [3.63, 3.8) is 0 Å². The van der Waals surface area contributed by atoms with E-state index in [1.165, 1.54) is 45.1 Å². The van der Waals surface area contributed by atoms with Crippen LogP contribution in [-0.2, 0) is 0 Å². The molecule has 1 heterocycles. The van der Waals surface area contributed by atoms with E-state index in [2.05, 4.69) is 18.7 Å². The van der Waals surface area contributed by atoms with Gasteiger partial charge >= 0.3 is 0 Å². The van der Waals surface area contributed by atoms with Gasteiger partial charge in [-0.2, -0.15) is 0 Å². The van der Waals surface area contributed by atoms with Gasteiger partial charge in [0, 0.05) is 18.6 Å². The zero-order chi connectivity index (χ0) is 10.4.